The summed E-state index contributed by atoms with van der Waals surface area (Å²) in [5.41, 5.74) is 2.86. The highest BCUT2D eigenvalue weighted by Gasteiger charge is 2.11. The van der Waals surface area contributed by atoms with Crippen molar-refractivity contribution in [2.24, 2.45) is 5.10 Å². The van der Waals surface area contributed by atoms with Gasteiger partial charge in [-0.3, -0.25) is 19.7 Å². The molecule has 0 heterocycles. The summed E-state index contributed by atoms with van der Waals surface area (Å²) in [6.07, 6.45) is 1.26. The zero-order valence-electron chi connectivity index (χ0n) is 15.2. The van der Waals surface area contributed by atoms with Gasteiger partial charge in [0.05, 0.1) is 31.9 Å². The van der Waals surface area contributed by atoms with Gasteiger partial charge in [-0.2, -0.15) is 5.10 Å². The topological polar surface area (TPSA) is 132 Å². The number of benzene rings is 2. The summed E-state index contributed by atoms with van der Waals surface area (Å²) in [5, 5.41) is 16.9. The SMILES string of the molecule is COc1cc(OC)cc(C(=O)NCC(=O)N/N=C\c2cccc([N+](=O)[O-])c2)c1. The van der Waals surface area contributed by atoms with Crippen molar-refractivity contribution in [1.29, 1.82) is 0 Å². The monoisotopic (exact) mass is 386 g/mol. The number of non-ortho nitro benzene ring substituents is 1. The van der Waals surface area contributed by atoms with Crippen LogP contribution in [0.4, 0.5) is 5.69 Å². The first kappa shape index (κ1) is 20.4. The van der Waals surface area contributed by atoms with Crippen LogP contribution in [-0.4, -0.2) is 43.7 Å². The average molecular weight is 386 g/mol. The number of amides is 2. The minimum atomic E-state index is -0.565. The van der Waals surface area contributed by atoms with E-state index in [1.54, 1.807) is 12.1 Å². The van der Waals surface area contributed by atoms with Gasteiger partial charge in [0, 0.05) is 29.3 Å². The molecule has 28 heavy (non-hydrogen) atoms. The van der Waals surface area contributed by atoms with Crippen molar-refractivity contribution in [1.82, 2.24) is 10.7 Å². The molecule has 0 unspecified atom stereocenters. The highest BCUT2D eigenvalue weighted by molar-refractivity contribution is 5.97. The Morgan fingerprint density at radius 2 is 1.82 bits per heavy atom. The maximum atomic E-state index is 12.2. The maximum Gasteiger partial charge on any atom is 0.270 e. The number of nitro groups is 1. The molecule has 0 bridgehead atoms. The maximum absolute atomic E-state index is 12.2. The Hall–Kier alpha value is -3.95. The van der Waals surface area contributed by atoms with Gasteiger partial charge in [0.1, 0.15) is 11.5 Å². The number of nitrogens with zero attached hydrogens (tertiary/aromatic N) is 2. The fourth-order valence-corrected chi connectivity index (χ4v) is 2.14. The molecule has 2 N–H and O–H groups in total. The first-order valence-electron chi connectivity index (χ1n) is 8.00. The van der Waals surface area contributed by atoms with Crippen LogP contribution in [0.2, 0.25) is 0 Å². The molecule has 0 atom stereocenters. The molecule has 2 aromatic carbocycles. The summed E-state index contributed by atoms with van der Waals surface area (Å²) >= 11 is 0. The molecule has 0 saturated heterocycles. The van der Waals surface area contributed by atoms with Gasteiger partial charge in [-0.05, 0) is 12.1 Å². The molecule has 10 nitrogen and oxygen atoms in total. The summed E-state index contributed by atoms with van der Waals surface area (Å²) in [5.74, 6) is -0.175. The zero-order chi connectivity index (χ0) is 20.5. The van der Waals surface area contributed by atoms with Crippen LogP contribution in [0.5, 0.6) is 11.5 Å². The van der Waals surface area contributed by atoms with Gasteiger partial charge in [0.2, 0.25) is 0 Å². The summed E-state index contributed by atoms with van der Waals surface area (Å²) in [7, 11) is 2.92. The molecule has 0 aromatic heterocycles. The molecular formula is C18H18N4O6. The molecule has 0 aliphatic heterocycles. The quantitative estimate of drug-likeness (QED) is 0.401. The molecule has 0 radical (unpaired) electrons. The highest BCUT2D eigenvalue weighted by atomic mass is 16.6. The minimum Gasteiger partial charge on any atom is -0.497 e. The van der Waals surface area contributed by atoms with Crippen LogP contribution in [0, 0.1) is 10.1 Å². The molecular weight excluding hydrogens is 368 g/mol. The Morgan fingerprint density at radius 1 is 1.14 bits per heavy atom. The lowest BCUT2D eigenvalue weighted by Gasteiger charge is -2.08. The van der Waals surface area contributed by atoms with Crippen molar-refractivity contribution < 1.29 is 24.0 Å². The van der Waals surface area contributed by atoms with E-state index in [1.807, 2.05) is 0 Å². The molecule has 0 saturated carbocycles. The van der Waals surface area contributed by atoms with Gasteiger partial charge >= 0.3 is 0 Å². The lowest BCUT2D eigenvalue weighted by Crippen LogP contribution is -2.34. The molecule has 0 spiro atoms. The van der Waals surface area contributed by atoms with Gasteiger partial charge in [0.15, 0.2) is 0 Å². The third kappa shape index (κ3) is 5.80. The van der Waals surface area contributed by atoms with E-state index in [9.17, 15) is 19.7 Å². The van der Waals surface area contributed by atoms with Crippen LogP contribution in [0.3, 0.4) is 0 Å². The summed E-state index contributed by atoms with van der Waals surface area (Å²) in [6.45, 7) is -0.315. The Labute approximate surface area is 160 Å². The Kier molecular flexibility index (Phi) is 7.03. The minimum absolute atomic E-state index is 0.0868. The predicted molar refractivity (Wildman–Crippen MR) is 101 cm³/mol. The summed E-state index contributed by atoms with van der Waals surface area (Å²) < 4.78 is 10.2. The number of hydrogen-bond acceptors (Lipinski definition) is 7. The lowest BCUT2D eigenvalue weighted by molar-refractivity contribution is -0.384. The normalized spacial score (nSPS) is 10.4. The second-order valence-corrected chi connectivity index (χ2v) is 5.43. The first-order chi connectivity index (χ1) is 13.4. The summed E-state index contributed by atoms with van der Waals surface area (Å²) in [4.78, 5) is 34.2. The molecule has 10 heteroatoms. The number of carbonyl (C=O) groups is 2. The fraction of sp³-hybridized carbons (Fsp3) is 0.167. The standard InChI is InChI=1S/C18H18N4O6/c1-27-15-7-13(8-16(9-15)28-2)18(24)19-11-17(23)21-20-10-12-4-3-5-14(6-12)22(25)26/h3-10H,11H2,1-2H3,(H,19,24)(H,21,23)/b20-10-. The van der Waals surface area contributed by atoms with Crippen molar-refractivity contribution in [3.63, 3.8) is 0 Å². The number of hydrogen-bond donors (Lipinski definition) is 2. The van der Waals surface area contributed by atoms with Crippen LogP contribution in [0.25, 0.3) is 0 Å². The molecule has 2 rings (SSSR count). The van der Waals surface area contributed by atoms with E-state index in [0.29, 0.717) is 17.1 Å². The third-order valence-electron chi connectivity index (χ3n) is 3.51. The molecule has 0 fully saturated rings. The van der Waals surface area contributed by atoms with Crippen LogP contribution in [0.15, 0.2) is 47.6 Å². The van der Waals surface area contributed by atoms with Gasteiger partial charge in [0.25, 0.3) is 17.5 Å². The van der Waals surface area contributed by atoms with Gasteiger partial charge in [-0.15, -0.1) is 0 Å². The molecule has 2 amide bonds. The third-order valence-corrected chi connectivity index (χ3v) is 3.51. The molecule has 146 valence electrons. The number of nitrogens with one attached hydrogen (secondary N) is 2. The van der Waals surface area contributed by atoms with E-state index in [2.05, 4.69) is 15.8 Å². The van der Waals surface area contributed by atoms with E-state index in [4.69, 9.17) is 9.47 Å². The number of hydrazone groups is 1. The van der Waals surface area contributed by atoms with Crippen molar-refractivity contribution in [2.75, 3.05) is 20.8 Å². The molecule has 0 aliphatic carbocycles. The van der Waals surface area contributed by atoms with Crippen LogP contribution in [0.1, 0.15) is 15.9 Å². The number of ether oxygens (including phenoxy) is 2. The predicted octanol–water partition coefficient (Wildman–Crippen LogP) is 1.49. The second-order valence-electron chi connectivity index (χ2n) is 5.43. The smallest absolute Gasteiger partial charge is 0.270 e. The number of methoxy groups -OCH3 is 2. The number of nitro benzene ring substituents is 1. The van der Waals surface area contributed by atoms with E-state index in [1.165, 1.54) is 50.8 Å². The van der Waals surface area contributed by atoms with Crippen LogP contribution in [-0.2, 0) is 4.79 Å². The van der Waals surface area contributed by atoms with Crippen molar-refractivity contribution in [2.45, 2.75) is 0 Å². The Balaban J connectivity index is 1.89. The van der Waals surface area contributed by atoms with E-state index in [-0.39, 0.29) is 17.8 Å². The van der Waals surface area contributed by atoms with Gasteiger partial charge < -0.3 is 14.8 Å². The second kappa shape index (κ2) is 9.67. The van der Waals surface area contributed by atoms with Crippen molar-refractivity contribution in [3.8, 4) is 11.5 Å². The fourth-order valence-electron chi connectivity index (χ4n) is 2.14. The largest absolute Gasteiger partial charge is 0.497 e. The lowest BCUT2D eigenvalue weighted by atomic mass is 10.2. The van der Waals surface area contributed by atoms with Crippen LogP contribution < -0.4 is 20.2 Å². The number of rotatable bonds is 8. The van der Waals surface area contributed by atoms with Crippen molar-refractivity contribution in [3.05, 3.63) is 63.7 Å². The Morgan fingerprint density at radius 3 is 2.43 bits per heavy atom. The van der Waals surface area contributed by atoms with E-state index < -0.39 is 16.7 Å². The number of carbonyl (C=O) groups excluding carboxylic acids is 2. The Bertz CT molecular complexity index is 890. The zero-order valence-corrected chi connectivity index (χ0v) is 15.2. The van der Waals surface area contributed by atoms with E-state index in [0.717, 1.165) is 0 Å². The molecule has 2 aromatic rings. The highest BCUT2D eigenvalue weighted by Crippen LogP contribution is 2.22. The summed E-state index contributed by atoms with van der Waals surface area (Å²) in [6, 6.07) is 10.4. The van der Waals surface area contributed by atoms with Crippen molar-refractivity contribution >= 4 is 23.7 Å². The average Bonchev–Trinajstić information content (AvgIpc) is 2.71. The first-order valence-corrected chi connectivity index (χ1v) is 8.00. The van der Waals surface area contributed by atoms with Crippen LogP contribution >= 0.6 is 0 Å². The van der Waals surface area contributed by atoms with E-state index >= 15 is 0 Å². The van der Waals surface area contributed by atoms with Gasteiger partial charge in [-0.25, -0.2) is 5.43 Å². The van der Waals surface area contributed by atoms with Gasteiger partial charge in [-0.1, -0.05) is 12.1 Å². The molecule has 0 aliphatic rings.